The van der Waals surface area contributed by atoms with E-state index in [0.717, 1.165) is 61.4 Å². The third kappa shape index (κ3) is 25.0. The Morgan fingerprint density at radius 2 is 0.492 bits per heavy atom. The SMILES string of the molecule is Brc1ccc2c(-c3ccccc3)c3cc(Br)ccc3c(-c3ccccc3)c2c1.CCCCCCCCCCc1ccc(Nc2ccccc2-c2ccc3c(-c4ccccc4)c4cc(-c5ccccc5Nc5ccc(CCCCCCCCCC)cc5)ccc4c(-c4ccccc4)c3c2)cc1.CCCCCCCCCCc1ccc(Nc2ccccc2B2OC(C)(C)C(C)(C)O2)cc1. The van der Waals surface area contributed by atoms with Gasteiger partial charge in [0, 0.05) is 59.7 Å². The van der Waals surface area contributed by atoms with Gasteiger partial charge in [-0.3, -0.25) is 0 Å². The monoisotopic (exact) mass is 1870 g/mol. The van der Waals surface area contributed by atoms with Crippen LogP contribution in [0.15, 0.2) is 349 Å². The largest absolute Gasteiger partial charge is 0.496 e. The minimum atomic E-state index is -0.370. The zero-order valence-electron chi connectivity index (χ0n) is 79.1. The fraction of sp³-hybridized carbons (Fsp3) is 0.290. The van der Waals surface area contributed by atoms with Gasteiger partial charge in [0.2, 0.25) is 0 Å². The molecule has 0 atom stereocenters. The summed E-state index contributed by atoms with van der Waals surface area (Å²) in [5.41, 5.74) is 25.8. The molecule has 1 aliphatic rings. The summed E-state index contributed by atoms with van der Waals surface area (Å²) >= 11 is 7.38. The lowest BCUT2D eigenvalue weighted by molar-refractivity contribution is 0.00578. The summed E-state index contributed by atoms with van der Waals surface area (Å²) in [6.45, 7) is 15.2. The highest BCUT2D eigenvalue weighted by atomic mass is 79.9. The van der Waals surface area contributed by atoms with Gasteiger partial charge in [0.05, 0.1) is 11.2 Å². The van der Waals surface area contributed by atoms with Crippen molar-refractivity contribution in [2.75, 3.05) is 16.0 Å². The van der Waals surface area contributed by atoms with Gasteiger partial charge in [0.25, 0.3) is 0 Å². The van der Waals surface area contributed by atoms with Crippen LogP contribution in [0.3, 0.4) is 0 Å². The van der Waals surface area contributed by atoms with E-state index in [1.165, 1.54) is 287 Å². The summed E-state index contributed by atoms with van der Waals surface area (Å²) in [5, 5.41) is 21.2. The van der Waals surface area contributed by atoms with Crippen molar-refractivity contribution in [2.45, 2.75) is 233 Å². The predicted molar refractivity (Wildman–Crippen MR) is 581 cm³/mol. The maximum Gasteiger partial charge on any atom is 0.496 e. The van der Waals surface area contributed by atoms with Gasteiger partial charge in [0.15, 0.2) is 0 Å². The van der Waals surface area contributed by atoms with Crippen molar-refractivity contribution in [3.05, 3.63) is 365 Å². The Morgan fingerprint density at radius 3 is 0.811 bits per heavy atom. The Balaban J connectivity index is 0.000000181. The lowest BCUT2D eigenvalue weighted by Crippen LogP contribution is -2.41. The second-order valence-electron chi connectivity index (χ2n) is 37.3. The van der Waals surface area contributed by atoms with E-state index in [2.05, 4.69) is 424 Å². The third-order valence-corrected chi connectivity index (χ3v) is 28.0. The van der Waals surface area contributed by atoms with Gasteiger partial charge < -0.3 is 25.3 Å². The first kappa shape index (κ1) is 95.5. The Bertz CT molecular complexity index is 6010. The van der Waals surface area contributed by atoms with Crippen LogP contribution in [-0.4, -0.2) is 18.3 Å². The van der Waals surface area contributed by atoms with Crippen LogP contribution in [0.2, 0.25) is 0 Å². The Morgan fingerprint density at radius 1 is 0.235 bits per heavy atom. The van der Waals surface area contributed by atoms with Crippen LogP contribution in [0.5, 0.6) is 0 Å². The Kier molecular flexibility index (Phi) is 34.7. The van der Waals surface area contributed by atoms with Gasteiger partial charge in [-0.15, -0.1) is 0 Å². The first-order chi connectivity index (χ1) is 64.7. The number of para-hydroxylation sites is 3. The smallest absolute Gasteiger partial charge is 0.399 e. The molecule has 0 aliphatic carbocycles. The average Bonchev–Trinajstić information content (AvgIpc) is 0.832. The molecule has 0 saturated carbocycles. The highest BCUT2D eigenvalue weighted by molar-refractivity contribution is 9.10. The van der Waals surface area contributed by atoms with Crippen molar-refractivity contribution in [3.8, 4) is 66.8 Å². The zero-order chi connectivity index (χ0) is 91.3. The topological polar surface area (TPSA) is 54.5 Å². The second kappa shape index (κ2) is 48.0. The van der Waals surface area contributed by atoms with E-state index in [-0.39, 0.29) is 18.3 Å². The molecule has 16 aromatic rings. The number of hydrogen-bond donors (Lipinski definition) is 3. The van der Waals surface area contributed by atoms with Crippen molar-refractivity contribution in [3.63, 3.8) is 0 Å². The van der Waals surface area contributed by atoms with Gasteiger partial charge in [-0.1, -0.05) is 436 Å². The normalized spacial score (nSPS) is 12.7. The fourth-order valence-electron chi connectivity index (χ4n) is 19.0. The number of nitrogens with one attached hydrogen (secondary N) is 3. The van der Waals surface area contributed by atoms with Crippen molar-refractivity contribution in [2.24, 2.45) is 0 Å². The number of aryl methyl sites for hydroxylation is 3. The fourth-order valence-corrected chi connectivity index (χ4v) is 19.7. The molecule has 0 radical (unpaired) electrons. The van der Waals surface area contributed by atoms with Crippen LogP contribution in [0.1, 0.15) is 219 Å². The van der Waals surface area contributed by atoms with Crippen molar-refractivity contribution in [1.29, 1.82) is 0 Å². The summed E-state index contributed by atoms with van der Waals surface area (Å²) in [6, 6.07) is 124. The summed E-state index contributed by atoms with van der Waals surface area (Å²) in [6.07, 6.45) is 36.0. The van der Waals surface area contributed by atoms with Gasteiger partial charge >= 0.3 is 7.12 Å². The first-order valence-corrected chi connectivity index (χ1v) is 51.1. The molecule has 17 rings (SSSR count). The number of anilines is 6. The van der Waals surface area contributed by atoms with E-state index in [4.69, 9.17) is 9.31 Å². The molecule has 5 nitrogen and oxygen atoms in total. The molecule has 674 valence electrons. The molecule has 0 spiro atoms. The quantitative estimate of drug-likeness (QED) is 0.0203. The van der Waals surface area contributed by atoms with E-state index in [1.54, 1.807) is 0 Å². The van der Waals surface area contributed by atoms with E-state index >= 15 is 0 Å². The van der Waals surface area contributed by atoms with E-state index < -0.39 is 0 Å². The predicted octanol–water partition coefficient (Wildman–Crippen LogP) is 37.8. The molecule has 0 aromatic heterocycles. The highest BCUT2D eigenvalue weighted by Gasteiger charge is 2.52. The molecule has 132 heavy (non-hydrogen) atoms. The van der Waals surface area contributed by atoms with Crippen LogP contribution in [0.4, 0.5) is 34.1 Å². The van der Waals surface area contributed by atoms with Crippen LogP contribution in [0.25, 0.3) is 110 Å². The Hall–Kier alpha value is -11.1. The lowest BCUT2D eigenvalue weighted by atomic mass is 9.77. The average molecular weight is 1870 g/mol. The molecule has 1 heterocycles. The molecule has 1 aliphatic heterocycles. The maximum absolute atomic E-state index is 6.28. The molecule has 0 amide bonds. The standard InChI is InChI=1S/C70H76N2.C28H42BNO2.C26H16Br2/c1-3-5-7-9-11-13-15-19-29-53-39-45-59(46-40-53)71-67-37-27-25-35-61(67)57-43-49-63-65(51-57)69(55-31-21-17-22-32-55)64-50-44-58(52-66(64)70(63)56-33-23-18-24-34-56)62-36-26-28-38-68(62)72-60-47-41-54(42-48-60)30-20-16-14-12-10-8-6-4-2;1-6-7-8-9-10-11-12-13-16-23-19-21-24(22-20-23)30-26-18-15-14-17-25(26)29-31-27(2,3)28(4,5)32-29;27-19-12-14-22-23(15-19)25(17-7-3-1-4-8-17)21-13-11-20(28)16-24(21)26(22)18-9-5-2-6-10-18/h17-18,21-28,31-52,71-72H,3-16,19-20,29-30H2,1-2H3;14-15,17-22,30H,6-13,16H2,1-5H3;1-16H. The van der Waals surface area contributed by atoms with E-state index in [1.807, 2.05) is 12.1 Å². The number of unbranched alkanes of at least 4 members (excludes halogenated alkanes) is 21. The number of benzene rings is 16. The van der Waals surface area contributed by atoms with Gasteiger partial charge in [-0.05, 0) is 273 Å². The number of fused-ring (bicyclic) bond motifs is 4. The van der Waals surface area contributed by atoms with E-state index in [0.29, 0.717) is 0 Å². The van der Waals surface area contributed by atoms with Crippen LogP contribution in [0, 0.1) is 0 Å². The summed E-state index contributed by atoms with van der Waals surface area (Å²) in [7, 11) is -0.370. The molecule has 1 saturated heterocycles. The minimum absolute atomic E-state index is 0.345. The van der Waals surface area contributed by atoms with Crippen LogP contribution in [-0.2, 0) is 28.6 Å². The molecule has 0 bridgehead atoms. The zero-order valence-corrected chi connectivity index (χ0v) is 82.2. The molecule has 1 fully saturated rings. The van der Waals surface area contributed by atoms with Crippen molar-refractivity contribution >= 4 is 122 Å². The summed E-state index contributed by atoms with van der Waals surface area (Å²) in [4.78, 5) is 0. The van der Waals surface area contributed by atoms with Gasteiger partial charge in [-0.25, -0.2) is 0 Å². The summed E-state index contributed by atoms with van der Waals surface area (Å²) in [5.74, 6) is 0. The van der Waals surface area contributed by atoms with Crippen LogP contribution < -0.4 is 21.4 Å². The highest BCUT2D eigenvalue weighted by Crippen LogP contribution is 2.50. The summed E-state index contributed by atoms with van der Waals surface area (Å²) < 4.78 is 14.7. The molecule has 3 N–H and O–H groups in total. The van der Waals surface area contributed by atoms with Crippen LogP contribution >= 0.6 is 31.9 Å². The minimum Gasteiger partial charge on any atom is -0.399 e. The Labute approximate surface area is 805 Å². The maximum atomic E-state index is 6.28. The third-order valence-electron chi connectivity index (χ3n) is 27.0. The molecule has 8 heteroatoms. The van der Waals surface area contributed by atoms with Crippen molar-refractivity contribution in [1.82, 2.24) is 0 Å². The number of halogens is 2. The number of rotatable bonds is 40. The van der Waals surface area contributed by atoms with Gasteiger partial charge in [0.1, 0.15) is 0 Å². The molecule has 0 unspecified atom stereocenters. The molecular weight excluding hydrogens is 1730 g/mol. The second-order valence-corrected chi connectivity index (χ2v) is 39.1. The van der Waals surface area contributed by atoms with Gasteiger partial charge in [-0.2, -0.15) is 0 Å². The lowest BCUT2D eigenvalue weighted by Gasteiger charge is -2.32. The first-order valence-electron chi connectivity index (χ1n) is 49.5. The molecular formula is C124H134BBr2N3O2. The number of hydrogen-bond acceptors (Lipinski definition) is 5. The van der Waals surface area contributed by atoms with E-state index in [9.17, 15) is 0 Å². The van der Waals surface area contributed by atoms with Crippen molar-refractivity contribution < 1.29 is 9.31 Å². The molecule has 16 aromatic carbocycles.